The van der Waals surface area contributed by atoms with Crippen molar-refractivity contribution < 1.29 is 15.4 Å². The van der Waals surface area contributed by atoms with Crippen LogP contribution in [0.4, 0.5) is 0 Å². The Kier molecular flexibility index (Phi) is 15.5. The maximum absolute atomic E-state index is 9.60. The molecule has 0 atom stereocenters. The van der Waals surface area contributed by atoms with Crippen molar-refractivity contribution in [3.8, 4) is 0 Å². The molecule has 0 radical (unpaired) electrons. The fourth-order valence-corrected chi connectivity index (χ4v) is 0. The Morgan fingerprint density at radius 1 is 1.62 bits per heavy atom. The summed E-state index contributed by atoms with van der Waals surface area (Å²) < 4.78 is 0. The van der Waals surface area contributed by atoms with Crippen molar-refractivity contribution in [1.82, 2.24) is 0 Å². The van der Waals surface area contributed by atoms with E-state index in [-0.39, 0.29) is 62.4 Å². The third kappa shape index (κ3) is 9.93. The Hall–Kier alpha value is 0.806. The zero-order valence-electron chi connectivity index (χ0n) is 4.06. The number of rotatable bonds is 1. The van der Waals surface area contributed by atoms with E-state index in [0.717, 1.165) is 0 Å². The van der Waals surface area contributed by atoms with Crippen molar-refractivity contribution in [3.05, 3.63) is 12.2 Å². The van der Waals surface area contributed by atoms with Crippen LogP contribution in [0.5, 0.6) is 0 Å². The SMILES string of the molecule is C=C(C)C(=O)O.O.[KH]. The average molecular weight is 144 g/mol. The van der Waals surface area contributed by atoms with Crippen LogP contribution in [0.1, 0.15) is 6.92 Å². The van der Waals surface area contributed by atoms with Gasteiger partial charge < -0.3 is 10.6 Å². The number of carbonyl (C=O) groups is 1. The van der Waals surface area contributed by atoms with Crippen LogP contribution in [0.25, 0.3) is 0 Å². The van der Waals surface area contributed by atoms with Crippen LogP contribution in [0.2, 0.25) is 0 Å². The van der Waals surface area contributed by atoms with Crippen LogP contribution in [-0.4, -0.2) is 67.9 Å². The predicted octanol–water partition coefficient (Wildman–Crippen LogP) is -0.826. The fourth-order valence-electron chi connectivity index (χ4n) is 0. The molecule has 0 aliphatic heterocycles. The van der Waals surface area contributed by atoms with Gasteiger partial charge in [0, 0.05) is 5.57 Å². The van der Waals surface area contributed by atoms with Crippen LogP contribution in [-0.2, 0) is 4.79 Å². The van der Waals surface area contributed by atoms with Crippen LogP contribution in [0.3, 0.4) is 0 Å². The fraction of sp³-hybridized carbons (Fsp3) is 0.250. The van der Waals surface area contributed by atoms with Crippen LogP contribution in [0.15, 0.2) is 12.2 Å². The zero-order valence-corrected chi connectivity index (χ0v) is 4.06. The molecule has 44 valence electrons. The molecule has 0 bridgehead atoms. The van der Waals surface area contributed by atoms with Crippen molar-refractivity contribution in [3.63, 3.8) is 0 Å². The third-order valence-electron chi connectivity index (χ3n) is 0.365. The quantitative estimate of drug-likeness (QED) is 0.385. The standard InChI is InChI=1S/C4H6O2.K.H2O.H/c1-3(2)4(5)6;;;/h1H2,2H3,(H,5,6);;1H2;. The molecule has 0 spiro atoms. The summed E-state index contributed by atoms with van der Waals surface area (Å²) in [5, 5.41) is 7.89. The van der Waals surface area contributed by atoms with Crippen molar-refractivity contribution in [1.29, 1.82) is 0 Å². The summed E-state index contributed by atoms with van der Waals surface area (Å²) in [6.07, 6.45) is 0. The Morgan fingerprint density at radius 2 is 1.75 bits per heavy atom. The molecule has 0 amide bonds. The van der Waals surface area contributed by atoms with Gasteiger partial charge in [-0.05, 0) is 6.92 Å². The van der Waals surface area contributed by atoms with Crippen LogP contribution >= 0.6 is 0 Å². The summed E-state index contributed by atoms with van der Waals surface area (Å²) in [5.74, 6) is -0.935. The van der Waals surface area contributed by atoms with Crippen LogP contribution in [0, 0.1) is 0 Å². The average Bonchev–Trinajstić information content (AvgIpc) is 1.36. The van der Waals surface area contributed by atoms with Gasteiger partial charge in [0.05, 0.1) is 0 Å². The summed E-state index contributed by atoms with van der Waals surface area (Å²) in [5.41, 5.74) is 0.176. The zero-order chi connectivity index (χ0) is 5.15. The Morgan fingerprint density at radius 3 is 1.75 bits per heavy atom. The second kappa shape index (κ2) is 7.81. The van der Waals surface area contributed by atoms with Gasteiger partial charge in [-0.15, -0.1) is 0 Å². The predicted molar refractivity (Wildman–Crippen MR) is 33.2 cm³/mol. The summed E-state index contributed by atoms with van der Waals surface area (Å²) in [4.78, 5) is 9.60. The minimum atomic E-state index is -0.935. The first-order valence-electron chi connectivity index (χ1n) is 1.53. The van der Waals surface area contributed by atoms with Gasteiger partial charge in [0.2, 0.25) is 0 Å². The van der Waals surface area contributed by atoms with Gasteiger partial charge in [-0.2, -0.15) is 0 Å². The molecule has 0 aromatic rings. The van der Waals surface area contributed by atoms with Gasteiger partial charge in [0.25, 0.3) is 0 Å². The van der Waals surface area contributed by atoms with E-state index >= 15 is 0 Å². The van der Waals surface area contributed by atoms with E-state index in [2.05, 4.69) is 6.58 Å². The topological polar surface area (TPSA) is 68.8 Å². The first-order valence-corrected chi connectivity index (χ1v) is 1.53. The molecule has 0 aromatic heterocycles. The van der Waals surface area contributed by atoms with E-state index in [0.29, 0.717) is 0 Å². The molecule has 0 saturated heterocycles. The molecule has 4 heteroatoms. The summed E-state index contributed by atoms with van der Waals surface area (Å²) >= 11 is 0. The number of aliphatic carboxylic acids is 1. The van der Waals surface area contributed by atoms with Gasteiger partial charge >= 0.3 is 57.4 Å². The molecule has 0 aromatic carbocycles. The van der Waals surface area contributed by atoms with E-state index < -0.39 is 5.97 Å². The molecule has 0 saturated carbocycles. The Bertz CT molecular complexity index is 77.3. The molecule has 3 nitrogen and oxygen atoms in total. The Labute approximate surface area is 90.5 Å². The van der Waals surface area contributed by atoms with Gasteiger partial charge in [0.15, 0.2) is 0 Å². The molecule has 0 rings (SSSR count). The molecule has 0 aliphatic rings. The molecule has 0 aliphatic carbocycles. The monoisotopic (exact) mass is 144 g/mol. The summed E-state index contributed by atoms with van der Waals surface area (Å²) in [6, 6.07) is 0. The first-order chi connectivity index (χ1) is 2.64. The molecular weight excluding hydrogens is 135 g/mol. The maximum atomic E-state index is 9.60. The van der Waals surface area contributed by atoms with Crippen molar-refractivity contribution in [2.75, 3.05) is 0 Å². The van der Waals surface area contributed by atoms with Crippen molar-refractivity contribution in [2.45, 2.75) is 6.92 Å². The summed E-state index contributed by atoms with van der Waals surface area (Å²) in [6.45, 7) is 4.60. The second-order valence-electron chi connectivity index (χ2n) is 1.09. The van der Waals surface area contributed by atoms with E-state index in [1.807, 2.05) is 0 Å². The van der Waals surface area contributed by atoms with Gasteiger partial charge in [-0.1, -0.05) is 6.58 Å². The van der Waals surface area contributed by atoms with Gasteiger partial charge in [-0.25, -0.2) is 4.79 Å². The normalized spacial score (nSPS) is 5.62. The third-order valence-corrected chi connectivity index (χ3v) is 0.365. The molecular formula is C4H9KO3. The first kappa shape index (κ1) is 15.9. The van der Waals surface area contributed by atoms with E-state index in [9.17, 15) is 4.79 Å². The van der Waals surface area contributed by atoms with Gasteiger partial charge in [-0.3, -0.25) is 0 Å². The molecule has 8 heavy (non-hydrogen) atoms. The van der Waals surface area contributed by atoms with E-state index in [4.69, 9.17) is 5.11 Å². The van der Waals surface area contributed by atoms with E-state index in [1.54, 1.807) is 0 Å². The van der Waals surface area contributed by atoms with Crippen molar-refractivity contribution >= 4 is 57.4 Å². The molecule has 0 unspecified atom stereocenters. The van der Waals surface area contributed by atoms with Crippen molar-refractivity contribution in [2.24, 2.45) is 0 Å². The second-order valence-corrected chi connectivity index (χ2v) is 1.09. The minimum absolute atomic E-state index is 0. The molecule has 0 heterocycles. The Balaban J connectivity index is -0.000000125. The van der Waals surface area contributed by atoms with E-state index in [1.165, 1.54) is 6.92 Å². The van der Waals surface area contributed by atoms with Gasteiger partial charge in [0.1, 0.15) is 0 Å². The number of carboxylic acids is 1. The number of hydrogen-bond acceptors (Lipinski definition) is 1. The molecule has 3 N–H and O–H groups in total. The number of hydrogen-bond donors (Lipinski definition) is 1. The number of carboxylic acid groups (broad SMARTS) is 1. The van der Waals surface area contributed by atoms with Crippen LogP contribution < -0.4 is 0 Å². The molecule has 0 fully saturated rings. The summed E-state index contributed by atoms with van der Waals surface area (Å²) in [7, 11) is 0.